The lowest BCUT2D eigenvalue weighted by molar-refractivity contribution is -0.0245. The van der Waals surface area contributed by atoms with Crippen molar-refractivity contribution < 1.29 is 9.53 Å². The molecule has 1 saturated carbocycles. The van der Waals surface area contributed by atoms with Crippen LogP contribution in [0.25, 0.3) is 11.4 Å². The fourth-order valence-corrected chi connectivity index (χ4v) is 4.08. The Morgan fingerprint density at radius 2 is 2.00 bits per heavy atom. The van der Waals surface area contributed by atoms with Gasteiger partial charge in [0.25, 0.3) is 0 Å². The molecule has 2 aromatic rings. The highest BCUT2D eigenvalue weighted by atomic mass is 16.5. The zero-order chi connectivity index (χ0) is 18.0. The van der Waals surface area contributed by atoms with Crippen LogP contribution in [0.3, 0.4) is 0 Å². The van der Waals surface area contributed by atoms with Gasteiger partial charge in [0.2, 0.25) is 0 Å². The van der Waals surface area contributed by atoms with E-state index in [1.807, 2.05) is 35.9 Å². The van der Waals surface area contributed by atoms with Crippen LogP contribution in [0.5, 0.6) is 0 Å². The maximum Gasteiger partial charge on any atom is 0.319 e. The van der Waals surface area contributed by atoms with Crippen LogP contribution in [-0.4, -0.2) is 39.0 Å². The van der Waals surface area contributed by atoms with Crippen molar-refractivity contribution in [2.45, 2.75) is 50.2 Å². The molecule has 138 valence electrons. The third kappa shape index (κ3) is 3.58. The first-order valence-corrected chi connectivity index (χ1v) is 9.29. The Bertz CT molecular complexity index is 764. The van der Waals surface area contributed by atoms with Crippen LogP contribution in [0, 0.1) is 0 Å². The summed E-state index contributed by atoms with van der Waals surface area (Å²) < 4.78 is 7.91. The fraction of sp³-hybridized carbons (Fsp3) is 0.526. The van der Waals surface area contributed by atoms with Crippen LogP contribution < -0.4 is 10.6 Å². The number of aromatic nitrogens is 3. The predicted molar refractivity (Wildman–Crippen MR) is 98.8 cm³/mol. The van der Waals surface area contributed by atoms with Crippen LogP contribution in [-0.2, 0) is 11.8 Å². The molecule has 2 amide bonds. The fourth-order valence-electron chi connectivity index (χ4n) is 4.08. The quantitative estimate of drug-likeness (QED) is 0.886. The summed E-state index contributed by atoms with van der Waals surface area (Å²) >= 11 is 0. The highest BCUT2D eigenvalue weighted by Gasteiger charge is 2.41. The molecule has 1 atom stereocenters. The average Bonchev–Trinajstić information content (AvgIpc) is 3.23. The molecule has 1 unspecified atom stereocenters. The van der Waals surface area contributed by atoms with Crippen LogP contribution in [0.4, 0.5) is 10.5 Å². The van der Waals surface area contributed by atoms with Crippen molar-refractivity contribution in [3.05, 3.63) is 30.6 Å². The maximum absolute atomic E-state index is 12.3. The molecule has 1 aliphatic carbocycles. The van der Waals surface area contributed by atoms with Crippen LogP contribution in [0.15, 0.2) is 30.6 Å². The molecule has 4 rings (SSSR count). The van der Waals surface area contributed by atoms with Gasteiger partial charge >= 0.3 is 6.03 Å². The van der Waals surface area contributed by atoms with Gasteiger partial charge in [-0.15, -0.1) is 10.2 Å². The highest BCUT2D eigenvalue weighted by molar-refractivity contribution is 5.89. The summed E-state index contributed by atoms with van der Waals surface area (Å²) in [6.45, 7) is 0.610. The van der Waals surface area contributed by atoms with E-state index in [0.717, 1.165) is 36.3 Å². The summed E-state index contributed by atoms with van der Waals surface area (Å²) in [4.78, 5) is 12.3. The van der Waals surface area contributed by atoms with Crippen molar-refractivity contribution in [3.63, 3.8) is 0 Å². The Hall–Kier alpha value is -2.41. The molecule has 1 saturated heterocycles. The number of carbonyl (C=O) groups excluding carboxylic acids is 1. The van der Waals surface area contributed by atoms with E-state index in [1.54, 1.807) is 6.33 Å². The summed E-state index contributed by atoms with van der Waals surface area (Å²) in [6, 6.07) is 7.50. The van der Waals surface area contributed by atoms with Gasteiger partial charge in [-0.2, -0.15) is 0 Å². The number of rotatable bonds is 3. The van der Waals surface area contributed by atoms with Crippen molar-refractivity contribution in [2.75, 3.05) is 11.9 Å². The number of amides is 2. The van der Waals surface area contributed by atoms with Gasteiger partial charge in [-0.1, -0.05) is 19.3 Å². The van der Waals surface area contributed by atoms with Crippen LogP contribution in [0.2, 0.25) is 0 Å². The van der Waals surface area contributed by atoms with Gasteiger partial charge in [-0.3, -0.25) is 0 Å². The summed E-state index contributed by atoms with van der Waals surface area (Å²) in [5, 5.41) is 13.9. The Labute approximate surface area is 153 Å². The lowest BCUT2D eigenvalue weighted by Gasteiger charge is -2.32. The zero-order valence-corrected chi connectivity index (χ0v) is 15.1. The molecule has 1 aromatic carbocycles. The number of urea groups is 1. The van der Waals surface area contributed by atoms with Crippen molar-refractivity contribution >= 4 is 11.7 Å². The molecule has 1 aliphatic heterocycles. The molecule has 7 nitrogen and oxygen atoms in total. The first kappa shape index (κ1) is 17.0. The van der Waals surface area contributed by atoms with Crippen molar-refractivity contribution in [1.82, 2.24) is 20.1 Å². The molecule has 1 spiro atoms. The normalized spacial score (nSPS) is 21.7. The molecule has 26 heavy (non-hydrogen) atoms. The predicted octanol–water partition coefficient (Wildman–Crippen LogP) is 3.10. The number of ether oxygens (including phenoxy) is 1. The van der Waals surface area contributed by atoms with Crippen LogP contribution >= 0.6 is 0 Å². The zero-order valence-electron chi connectivity index (χ0n) is 15.1. The molecule has 2 heterocycles. The van der Waals surface area contributed by atoms with Gasteiger partial charge in [0.1, 0.15) is 6.33 Å². The van der Waals surface area contributed by atoms with E-state index in [9.17, 15) is 4.79 Å². The number of hydrogen-bond donors (Lipinski definition) is 2. The van der Waals surface area contributed by atoms with Crippen molar-refractivity contribution in [3.8, 4) is 11.4 Å². The summed E-state index contributed by atoms with van der Waals surface area (Å²) in [6.07, 6.45) is 8.59. The molecule has 2 aliphatic rings. The Kier molecular flexibility index (Phi) is 4.63. The number of aryl methyl sites for hydroxylation is 1. The minimum atomic E-state index is -0.183. The largest absolute Gasteiger partial charge is 0.373 e. The number of hydrogen-bond acceptors (Lipinski definition) is 4. The molecule has 1 aromatic heterocycles. The Balaban J connectivity index is 1.32. The lowest BCUT2D eigenvalue weighted by Crippen LogP contribution is -2.39. The Morgan fingerprint density at radius 3 is 2.69 bits per heavy atom. The topological polar surface area (TPSA) is 81.1 Å². The highest BCUT2D eigenvalue weighted by Crippen LogP contribution is 2.39. The minimum absolute atomic E-state index is 0.00788. The van der Waals surface area contributed by atoms with Crippen molar-refractivity contribution in [2.24, 2.45) is 7.05 Å². The molecule has 7 heteroatoms. The second kappa shape index (κ2) is 7.07. The molecule has 2 fully saturated rings. The van der Waals surface area contributed by atoms with E-state index in [1.165, 1.54) is 19.3 Å². The molecule has 2 N–H and O–H groups in total. The maximum atomic E-state index is 12.3. The number of benzene rings is 1. The third-order valence-corrected chi connectivity index (χ3v) is 5.42. The second-order valence-corrected chi connectivity index (χ2v) is 7.40. The standard InChI is InChI=1S/C19H25N5O2/c1-24-13-20-23-17(24)14-5-7-15(8-6-14)21-18(25)22-16-11-19(26-12-16)9-3-2-4-10-19/h5-8,13,16H,2-4,9-12H2,1H3,(H2,21,22,25). The van der Waals surface area contributed by atoms with Crippen LogP contribution in [0.1, 0.15) is 38.5 Å². The average molecular weight is 355 g/mol. The second-order valence-electron chi connectivity index (χ2n) is 7.40. The molecule has 0 radical (unpaired) electrons. The molecular formula is C19H25N5O2. The minimum Gasteiger partial charge on any atom is -0.373 e. The van der Waals surface area contributed by atoms with E-state index in [0.29, 0.717) is 6.61 Å². The van der Waals surface area contributed by atoms with Gasteiger partial charge in [0.15, 0.2) is 5.82 Å². The van der Waals surface area contributed by atoms with Gasteiger partial charge in [0, 0.05) is 18.3 Å². The third-order valence-electron chi connectivity index (χ3n) is 5.42. The SMILES string of the molecule is Cn1cnnc1-c1ccc(NC(=O)NC2COC3(CCCCC3)C2)cc1. The number of carbonyl (C=O) groups is 1. The Morgan fingerprint density at radius 1 is 1.23 bits per heavy atom. The van der Waals surface area contributed by atoms with Gasteiger partial charge < -0.3 is 19.9 Å². The molecule has 0 bridgehead atoms. The summed E-state index contributed by atoms with van der Waals surface area (Å²) in [5.41, 5.74) is 1.72. The summed E-state index contributed by atoms with van der Waals surface area (Å²) in [7, 11) is 1.90. The first-order valence-electron chi connectivity index (χ1n) is 9.29. The van der Waals surface area contributed by atoms with E-state index >= 15 is 0 Å². The van der Waals surface area contributed by atoms with E-state index in [-0.39, 0.29) is 17.7 Å². The van der Waals surface area contributed by atoms with E-state index in [2.05, 4.69) is 20.8 Å². The number of nitrogens with one attached hydrogen (secondary N) is 2. The summed E-state index contributed by atoms with van der Waals surface area (Å²) in [5.74, 6) is 0.793. The molecular weight excluding hydrogens is 330 g/mol. The van der Waals surface area contributed by atoms with E-state index < -0.39 is 0 Å². The number of nitrogens with zero attached hydrogens (tertiary/aromatic N) is 3. The van der Waals surface area contributed by atoms with Gasteiger partial charge in [-0.25, -0.2) is 4.79 Å². The monoisotopic (exact) mass is 355 g/mol. The first-order chi connectivity index (χ1) is 12.6. The van der Waals surface area contributed by atoms with Gasteiger partial charge in [0.05, 0.1) is 18.2 Å². The number of anilines is 1. The smallest absolute Gasteiger partial charge is 0.319 e. The van der Waals surface area contributed by atoms with E-state index in [4.69, 9.17) is 4.74 Å². The van der Waals surface area contributed by atoms with Gasteiger partial charge in [-0.05, 0) is 43.5 Å². The van der Waals surface area contributed by atoms with Crippen molar-refractivity contribution in [1.29, 1.82) is 0 Å². The lowest BCUT2D eigenvalue weighted by atomic mass is 9.82.